The van der Waals surface area contributed by atoms with Crippen LogP contribution in [0.25, 0.3) is 0 Å². The van der Waals surface area contributed by atoms with Crippen LogP contribution in [-0.2, 0) is 21.0 Å². The van der Waals surface area contributed by atoms with Gasteiger partial charge in [-0.2, -0.15) is 0 Å². The van der Waals surface area contributed by atoms with Crippen LogP contribution in [0.15, 0.2) is 6.33 Å². The van der Waals surface area contributed by atoms with Gasteiger partial charge in [0.05, 0.1) is 12.9 Å². The van der Waals surface area contributed by atoms with E-state index in [-0.39, 0.29) is 31.5 Å². The molecule has 0 spiro atoms. The molecule has 1 amide bonds. The minimum Gasteiger partial charge on any atom is -0.465 e. The fraction of sp³-hybridized carbons (Fsp3) is 0.444. The van der Waals surface area contributed by atoms with E-state index in [9.17, 15) is 9.59 Å². The van der Waals surface area contributed by atoms with Crippen molar-refractivity contribution in [1.29, 1.82) is 0 Å². The monoisotopic (exact) mass is 255 g/mol. The van der Waals surface area contributed by atoms with Gasteiger partial charge in [-0.1, -0.05) is 0 Å². The zero-order chi connectivity index (χ0) is 13.0. The van der Waals surface area contributed by atoms with Crippen LogP contribution in [0.1, 0.15) is 10.5 Å². The number of fused-ring (bicyclic) bond motifs is 1. The Morgan fingerprint density at radius 3 is 3.11 bits per heavy atom. The van der Waals surface area contributed by atoms with E-state index >= 15 is 0 Å². The SMILES string of the molecule is NC1NC(=O)c2ncn(COCCOC=O)c2N1. The number of hydrogen-bond donors (Lipinski definition) is 3. The summed E-state index contributed by atoms with van der Waals surface area (Å²) in [5.74, 6) is 0.168. The highest BCUT2D eigenvalue weighted by Gasteiger charge is 2.25. The molecule has 0 saturated heterocycles. The summed E-state index contributed by atoms with van der Waals surface area (Å²) in [6.45, 7) is 0.961. The summed E-state index contributed by atoms with van der Waals surface area (Å²) in [6.07, 6.45) is 0.814. The topological polar surface area (TPSA) is 120 Å². The van der Waals surface area contributed by atoms with Crippen LogP contribution in [0.5, 0.6) is 0 Å². The number of rotatable bonds is 6. The predicted molar refractivity (Wildman–Crippen MR) is 59.3 cm³/mol. The maximum absolute atomic E-state index is 11.5. The van der Waals surface area contributed by atoms with Gasteiger partial charge in [-0.15, -0.1) is 0 Å². The van der Waals surface area contributed by atoms with Gasteiger partial charge in [-0.05, 0) is 0 Å². The maximum Gasteiger partial charge on any atom is 0.293 e. The molecule has 4 N–H and O–H groups in total. The lowest BCUT2D eigenvalue weighted by molar-refractivity contribution is -0.130. The summed E-state index contributed by atoms with van der Waals surface area (Å²) in [5.41, 5.74) is 5.85. The summed E-state index contributed by atoms with van der Waals surface area (Å²) < 4.78 is 11.3. The van der Waals surface area contributed by atoms with Crippen LogP contribution in [-0.4, -0.2) is 41.4 Å². The van der Waals surface area contributed by atoms with Gasteiger partial charge in [0, 0.05) is 0 Å². The second-order valence-electron chi connectivity index (χ2n) is 3.51. The molecule has 1 aliphatic heterocycles. The van der Waals surface area contributed by atoms with Crippen LogP contribution >= 0.6 is 0 Å². The van der Waals surface area contributed by atoms with Crippen LogP contribution in [0, 0.1) is 0 Å². The van der Waals surface area contributed by atoms with Gasteiger partial charge in [-0.25, -0.2) is 4.98 Å². The molecule has 2 heterocycles. The molecule has 9 nitrogen and oxygen atoms in total. The predicted octanol–water partition coefficient (Wildman–Crippen LogP) is -1.57. The van der Waals surface area contributed by atoms with Crippen molar-refractivity contribution in [2.24, 2.45) is 5.73 Å². The minimum atomic E-state index is -0.654. The number of carbonyl (C=O) groups is 2. The summed E-state index contributed by atoms with van der Waals surface area (Å²) in [7, 11) is 0. The van der Waals surface area contributed by atoms with Gasteiger partial charge in [0.15, 0.2) is 12.0 Å². The molecule has 2 rings (SSSR count). The number of aromatic nitrogens is 2. The number of nitrogens with one attached hydrogen (secondary N) is 2. The van der Waals surface area contributed by atoms with E-state index in [0.717, 1.165) is 0 Å². The Bertz CT molecular complexity index is 446. The third-order valence-corrected chi connectivity index (χ3v) is 2.28. The van der Waals surface area contributed by atoms with Gasteiger partial charge in [0.1, 0.15) is 19.2 Å². The van der Waals surface area contributed by atoms with E-state index in [1.54, 1.807) is 4.57 Å². The Labute approximate surface area is 102 Å². The molecule has 98 valence electrons. The summed E-state index contributed by atoms with van der Waals surface area (Å²) in [5, 5.41) is 5.35. The molecular weight excluding hydrogens is 242 g/mol. The molecule has 0 radical (unpaired) electrons. The summed E-state index contributed by atoms with van der Waals surface area (Å²) in [6, 6.07) is 0. The van der Waals surface area contributed by atoms with Crippen LogP contribution in [0.2, 0.25) is 0 Å². The average Bonchev–Trinajstić information content (AvgIpc) is 2.72. The minimum absolute atomic E-state index is 0.174. The van der Waals surface area contributed by atoms with Crippen molar-refractivity contribution in [3.63, 3.8) is 0 Å². The van der Waals surface area contributed by atoms with Crippen LogP contribution < -0.4 is 16.4 Å². The third kappa shape index (κ3) is 2.57. The molecule has 0 bridgehead atoms. The number of imidazole rings is 1. The molecule has 1 atom stereocenters. The number of nitrogens with zero attached hydrogens (tertiary/aromatic N) is 2. The number of ether oxygens (including phenoxy) is 2. The molecule has 0 saturated carbocycles. The first kappa shape index (κ1) is 12.3. The first-order valence-electron chi connectivity index (χ1n) is 5.23. The Morgan fingerprint density at radius 1 is 1.50 bits per heavy atom. The zero-order valence-corrected chi connectivity index (χ0v) is 9.46. The second kappa shape index (κ2) is 5.47. The molecule has 1 aliphatic rings. The molecule has 0 aromatic carbocycles. The fourth-order valence-electron chi connectivity index (χ4n) is 1.51. The van der Waals surface area contributed by atoms with Crippen molar-refractivity contribution in [1.82, 2.24) is 14.9 Å². The maximum atomic E-state index is 11.5. The Balaban J connectivity index is 1.94. The molecule has 1 aromatic rings. The van der Waals surface area contributed by atoms with E-state index in [2.05, 4.69) is 20.4 Å². The smallest absolute Gasteiger partial charge is 0.293 e. The molecule has 1 unspecified atom stereocenters. The molecule has 9 heteroatoms. The van der Waals surface area contributed by atoms with Crippen molar-refractivity contribution in [2.45, 2.75) is 13.0 Å². The number of hydrogen-bond acceptors (Lipinski definition) is 7. The Hall–Kier alpha value is -2.13. The number of nitrogens with two attached hydrogens (primary N) is 1. The van der Waals surface area contributed by atoms with Gasteiger partial charge in [0.25, 0.3) is 12.4 Å². The molecule has 0 fully saturated rings. The van der Waals surface area contributed by atoms with Gasteiger partial charge in [-0.3, -0.25) is 19.9 Å². The molecule has 18 heavy (non-hydrogen) atoms. The highest BCUT2D eigenvalue weighted by atomic mass is 16.5. The lowest BCUT2D eigenvalue weighted by Gasteiger charge is -2.22. The lowest BCUT2D eigenvalue weighted by atomic mass is 10.3. The lowest BCUT2D eigenvalue weighted by Crippen LogP contribution is -2.51. The first-order chi connectivity index (χ1) is 8.72. The van der Waals surface area contributed by atoms with E-state index in [1.165, 1.54) is 6.33 Å². The number of amides is 1. The van der Waals surface area contributed by atoms with Gasteiger partial charge < -0.3 is 20.1 Å². The third-order valence-electron chi connectivity index (χ3n) is 2.28. The highest BCUT2D eigenvalue weighted by molar-refractivity contribution is 5.98. The van der Waals surface area contributed by atoms with E-state index in [4.69, 9.17) is 10.5 Å². The standard InChI is InChI=1S/C9H13N5O4/c10-9-12-7-6(8(16)13-9)11-3-14(7)4-17-1-2-18-5-15/h3,5,9,12H,1-2,4,10H2,(H,13,16). The molecular formula is C9H13N5O4. The van der Waals surface area contributed by atoms with E-state index in [0.29, 0.717) is 12.3 Å². The normalized spacial score (nSPS) is 17.6. The second-order valence-corrected chi connectivity index (χ2v) is 3.51. The Morgan fingerprint density at radius 2 is 2.33 bits per heavy atom. The van der Waals surface area contributed by atoms with Crippen molar-refractivity contribution >= 4 is 18.2 Å². The van der Waals surface area contributed by atoms with Crippen molar-refractivity contribution < 1.29 is 19.1 Å². The van der Waals surface area contributed by atoms with Crippen molar-refractivity contribution in [2.75, 3.05) is 18.5 Å². The quantitative estimate of drug-likeness (QED) is 0.414. The highest BCUT2D eigenvalue weighted by Crippen LogP contribution is 2.17. The van der Waals surface area contributed by atoms with E-state index in [1.807, 2.05) is 0 Å². The van der Waals surface area contributed by atoms with E-state index < -0.39 is 6.29 Å². The first-order valence-corrected chi connectivity index (χ1v) is 5.23. The van der Waals surface area contributed by atoms with Gasteiger partial charge >= 0.3 is 0 Å². The summed E-state index contributed by atoms with van der Waals surface area (Å²) >= 11 is 0. The molecule has 0 aliphatic carbocycles. The number of anilines is 1. The largest absolute Gasteiger partial charge is 0.465 e. The summed E-state index contributed by atoms with van der Waals surface area (Å²) in [4.78, 5) is 25.4. The van der Waals surface area contributed by atoms with Crippen molar-refractivity contribution in [3.8, 4) is 0 Å². The zero-order valence-electron chi connectivity index (χ0n) is 9.46. The fourth-order valence-corrected chi connectivity index (χ4v) is 1.51. The van der Waals surface area contributed by atoms with Crippen molar-refractivity contribution in [3.05, 3.63) is 12.0 Å². The van der Waals surface area contributed by atoms with Crippen LogP contribution in [0.3, 0.4) is 0 Å². The Kier molecular flexibility index (Phi) is 3.75. The molecule has 1 aromatic heterocycles. The number of carbonyl (C=O) groups excluding carboxylic acids is 2. The van der Waals surface area contributed by atoms with Gasteiger partial charge in [0.2, 0.25) is 0 Å². The van der Waals surface area contributed by atoms with Crippen LogP contribution in [0.4, 0.5) is 5.82 Å². The average molecular weight is 255 g/mol.